The highest BCUT2D eigenvalue weighted by Gasteiger charge is 2.17. The number of nitrogens with one attached hydrogen (secondary N) is 1. The van der Waals surface area contributed by atoms with E-state index in [1.807, 2.05) is 0 Å². The van der Waals surface area contributed by atoms with Crippen molar-refractivity contribution in [3.8, 4) is 0 Å². The molecule has 1 aromatic rings. The second-order valence-corrected chi connectivity index (χ2v) is 6.23. The number of aryl methyl sites for hydroxylation is 1. The smallest absolute Gasteiger partial charge is 0.0476 e. The number of rotatable bonds is 5. The van der Waals surface area contributed by atoms with Crippen molar-refractivity contribution >= 4 is 11.8 Å². The Morgan fingerprint density at radius 1 is 1.28 bits per heavy atom. The molecule has 1 fully saturated rings. The molecule has 18 heavy (non-hydrogen) atoms. The van der Waals surface area contributed by atoms with Gasteiger partial charge >= 0.3 is 0 Å². The zero-order valence-electron chi connectivity index (χ0n) is 11.3. The van der Waals surface area contributed by atoms with E-state index in [4.69, 9.17) is 4.74 Å². The molecule has 0 aliphatic carbocycles. The average Bonchev–Trinajstić information content (AvgIpc) is 2.42. The molecule has 2 nitrogen and oxygen atoms in total. The molecule has 1 heterocycles. The van der Waals surface area contributed by atoms with Gasteiger partial charge in [-0.1, -0.05) is 29.8 Å². The lowest BCUT2D eigenvalue weighted by Crippen LogP contribution is -2.23. The van der Waals surface area contributed by atoms with Crippen LogP contribution in [0.3, 0.4) is 0 Å². The average molecular weight is 265 g/mol. The minimum atomic E-state index is 0.457. The van der Waals surface area contributed by atoms with Crippen molar-refractivity contribution in [3.63, 3.8) is 0 Å². The van der Waals surface area contributed by atoms with E-state index in [-0.39, 0.29) is 0 Å². The summed E-state index contributed by atoms with van der Waals surface area (Å²) in [6, 6.07) is 9.32. The molecule has 2 rings (SSSR count). The predicted octanol–water partition coefficient (Wildman–Crippen LogP) is 3.17. The number of hydrogen-bond donors (Lipinski definition) is 1. The summed E-state index contributed by atoms with van der Waals surface area (Å²) < 4.78 is 5.40. The summed E-state index contributed by atoms with van der Waals surface area (Å²) >= 11 is 2.09. The van der Waals surface area contributed by atoms with Crippen molar-refractivity contribution in [1.82, 2.24) is 5.32 Å². The minimum Gasteiger partial charge on any atom is -0.381 e. The Morgan fingerprint density at radius 3 is 2.56 bits per heavy atom. The lowest BCUT2D eigenvalue weighted by molar-refractivity contribution is 0.1000. The van der Waals surface area contributed by atoms with Gasteiger partial charge in [0.25, 0.3) is 0 Å². The second-order valence-electron chi connectivity index (χ2n) is 4.90. The summed E-state index contributed by atoms with van der Waals surface area (Å²) in [6.07, 6.45) is 2.41. The highest BCUT2D eigenvalue weighted by molar-refractivity contribution is 7.99. The van der Waals surface area contributed by atoms with Gasteiger partial charge in [-0.3, -0.25) is 0 Å². The summed E-state index contributed by atoms with van der Waals surface area (Å²) in [5.41, 5.74) is 2.72. The molecule has 1 N–H and O–H groups in total. The zero-order chi connectivity index (χ0) is 12.8. The maximum atomic E-state index is 5.40. The molecule has 0 saturated carbocycles. The van der Waals surface area contributed by atoms with Gasteiger partial charge < -0.3 is 10.1 Å². The summed E-state index contributed by atoms with van der Waals surface area (Å²) in [4.78, 5) is 0. The maximum Gasteiger partial charge on any atom is 0.0476 e. The third-order valence-corrected chi connectivity index (χ3v) is 4.96. The molecule has 1 atom stereocenters. The van der Waals surface area contributed by atoms with Crippen molar-refractivity contribution < 1.29 is 4.74 Å². The lowest BCUT2D eigenvalue weighted by Gasteiger charge is -2.24. The highest BCUT2D eigenvalue weighted by atomic mass is 32.2. The van der Waals surface area contributed by atoms with Crippen molar-refractivity contribution in [2.75, 3.05) is 26.0 Å². The van der Waals surface area contributed by atoms with Gasteiger partial charge in [0.15, 0.2) is 0 Å². The molecule has 100 valence electrons. The van der Waals surface area contributed by atoms with Crippen LogP contribution in [0.15, 0.2) is 24.3 Å². The number of benzene rings is 1. The maximum absolute atomic E-state index is 5.40. The van der Waals surface area contributed by atoms with Crippen molar-refractivity contribution in [1.29, 1.82) is 0 Å². The second kappa shape index (κ2) is 7.17. The highest BCUT2D eigenvalue weighted by Crippen LogP contribution is 2.26. The Bertz CT molecular complexity index is 346. The third kappa shape index (κ3) is 4.01. The lowest BCUT2D eigenvalue weighted by atomic mass is 10.1. The molecule has 0 amide bonds. The van der Waals surface area contributed by atoms with Gasteiger partial charge in [-0.15, -0.1) is 0 Å². The quantitative estimate of drug-likeness (QED) is 0.883. The van der Waals surface area contributed by atoms with Crippen LogP contribution in [0.2, 0.25) is 0 Å². The van der Waals surface area contributed by atoms with Gasteiger partial charge in [-0.2, -0.15) is 11.8 Å². The first-order chi connectivity index (χ1) is 8.79. The Labute approximate surface area is 114 Å². The summed E-state index contributed by atoms with van der Waals surface area (Å²) in [5.74, 6) is 1.14. The van der Waals surface area contributed by atoms with Crippen LogP contribution < -0.4 is 5.32 Å². The van der Waals surface area contributed by atoms with Crippen molar-refractivity contribution in [2.24, 2.45) is 0 Å². The first kappa shape index (κ1) is 13.9. The molecular formula is C15H23NOS. The third-order valence-electron chi connectivity index (χ3n) is 3.50. The van der Waals surface area contributed by atoms with E-state index in [1.54, 1.807) is 0 Å². The van der Waals surface area contributed by atoms with Gasteiger partial charge in [0.05, 0.1) is 0 Å². The molecule has 1 saturated heterocycles. The van der Waals surface area contributed by atoms with Gasteiger partial charge in [0.1, 0.15) is 0 Å². The summed E-state index contributed by atoms with van der Waals surface area (Å²) in [6.45, 7) is 4.01. The Morgan fingerprint density at radius 2 is 1.94 bits per heavy atom. The van der Waals surface area contributed by atoms with Gasteiger partial charge in [-0.25, -0.2) is 0 Å². The van der Waals surface area contributed by atoms with Crippen LogP contribution in [0.4, 0.5) is 0 Å². The minimum absolute atomic E-state index is 0.457. The van der Waals surface area contributed by atoms with Crippen LogP contribution in [0.25, 0.3) is 0 Å². The van der Waals surface area contributed by atoms with Crippen LogP contribution in [0.5, 0.6) is 0 Å². The first-order valence-corrected chi connectivity index (χ1v) is 7.77. The standard InChI is InChI=1S/C15H23NOS/c1-12-3-5-13(6-4-12)15(16-2)11-18-14-7-9-17-10-8-14/h3-6,14-16H,7-11H2,1-2H3. The Kier molecular flexibility index (Phi) is 5.54. The number of hydrogen-bond acceptors (Lipinski definition) is 3. The van der Waals surface area contributed by atoms with E-state index < -0.39 is 0 Å². The number of ether oxygens (including phenoxy) is 1. The molecule has 0 spiro atoms. The van der Waals surface area contributed by atoms with E-state index in [9.17, 15) is 0 Å². The Hall–Kier alpha value is -0.510. The molecule has 1 aliphatic heterocycles. The largest absolute Gasteiger partial charge is 0.381 e. The van der Waals surface area contributed by atoms with Crippen molar-refractivity contribution in [3.05, 3.63) is 35.4 Å². The molecule has 0 bridgehead atoms. The van der Waals surface area contributed by atoms with E-state index in [0.29, 0.717) is 6.04 Å². The van der Waals surface area contributed by atoms with Gasteiger partial charge in [-0.05, 0) is 32.4 Å². The van der Waals surface area contributed by atoms with Gasteiger partial charge in [0, 0.05) is 30.3 Å². The molecule has 0 aromatic heterocycles. The molecule has 1 unspecified atom stereocenters. The van der Waals surface area contributed by atoms with E-state index in [1.165, 1.54) is 24.0 Å². The summed E-state index contributed by atoms with van der Waals surface area (Å²) in [7, 11) is 2.05. The fourth-order valence-electron chi connectivity index (χ4n) is 2.22. The topological polar surface area (TPSA) is 21.3 Å². The van der Waals surface area contributed by atoms with Crippen LogP contribution in [-0.4, -0.2) is 31.3 Å². The fourth-order valence-corrected chi connectivity index (χ4v) is 3.57. The monoisotopic (exact) mass is 265 g/mol. The summed E-state index contributed by atoms with van der Waals surface area (Å²) in [5, 5.41) is 4.20. The normalized spacial score (nSPS) is 18.8. The van der Waals surface area contributed by atoms with Crippen LogP contribution >= 0.6 is 11.8 Å². The molecule has 3 heteroatoms. The van der Waals surface area contributed by atoms with Crippen LogP contribution in [-0.2, 0) is 4.74 Å². The molecule has 1 aromatic carbocycles. The van der Waals surface area contributed by atoms with Crippen LogP contribution in [0.1, 0.15) is 30.0 Å². The van der Waals surface area contributed by atoms with E-state index in [2.05, 4.69) is 55.3 Å². The molecule has 0 radical (unpaired) electrons. The molecular weight excluding hydrogens is 242 g/mol. The number of thioether (sulfide) groups is 1. The molecule has 1 aliphatic rings. The predicted molar refractivity (Wildman–Crippen MR) is 79.3 cm³/mol. The van der Waals surface area contributed by atoms with Crippen LogP contribution in [0, 0.1) is 6.92 Å². The zero-order valence-corrected chi connectivity index (χ0v) is 12.1. The van der Waals surface area contributed by atoms with Crippen molar-refractivity contribution in [2.45, 2.75) is 31.1 Å². The Balaban J connectivity index is 1.86. The van der Waals surface area contributed by atoms with E-state index in [0.717, 1.165) is 24.2 Å². The van der Waals surface area contributed by atoms with E-state index >= 15 is 0 Å². The van der Waals surface area contributed by atoms with Gasteiger partial charge in [0.2, 0.25) is 0 Å². The SMILES string of the molecule is CNC(CSC1CCOCC1)c1ccc(C)cc1. The first-order valence-electron chi connectivity index (χ1n) is 6.73. The fraction of sp³-hybridized carbons (Fsp3) is 0.600.